The third-order valence-corrected chi connectivity index (χ3v) is 3.33. The van der Waals surface area contributed by atoms with E-state index >= 15 is 0 Å². The highest BCUT2D eigenvalue weighted by atomic mass is 19.2. The van der Waals surface area contributed by atoms with Crippen LogP contribution in [0.4, 0.5) is 26.3 Å². The second kappa shape index (κ2) is 5.49. The lowest BCUT2D eigenvalue weighted by Crippen LogP contribution is -2.08. The normalized spacial score (nSPS) is 11.0. The first-order valence-electron chi connectivity index (χ1n) is 6.37. The van der Waals surface area contributed by atoms with Gasteiger partial charge in [-0.1, -0.05) is 12.1 Å². The van der Waals surface area contributed by atoms with Crippen molar-refractivity contribution in [1.82, 2.24) is 4.57 Å². The molecule has 118 valence electrons. The standard InChI is InChI=1S/C16H7F6N/c17-9-5-3-4-8(11(9)18)10-12(19)13(20)14(21)15(22)16(10)23-6-1-2-7-23/h1-7H. The molecule has 1 aromatic heterocycles. The van der Waals surface area contributed by atoms with E-state index in [0.717, 1.165) is 22.8 Å². The fourth-order valence-corrected chi connectivity index (χ4v) is 2.29. The smallest absolute Gasteiger partial charge is 0.199 e. The Balaban J connectivity index is 2.47. The Hall–Kier alpha value is -2.70. The van der Waals surface area contributed by atoms with Crippen molar-refractivity contribution in [1.29, 1.82) is 0 Å². The van der Waals surface area contributed by atoms with E-state index < -0.39 is 51.7 Å². The summed E-state index contributed by atoms with van der Waals surface area (Å²) in [5, 5.41) is 0. The predicted octanol–water partition coefficient (Wildman–Crippen LogP) is 4.98. The van der Waals surface area contributed by atoms with Crippen LogP contribution in [-0.4, -0.2) is 4.57 Å². The third kappa shape index (κ3) is 2.28. The Labute approximate surface area is 126 Å². The molecule has 0 aliphatic rings. The molecular weight excluding hydrogens is 320 g/mol. The Kier molecular flexibility index (Phi) is 3.63. The second-order valence-electron chi connectivity index (χ2n) is 4.67. The number of hydrogen-bond acceptors (Lipinski definition) is 0. The molecule has 2 aromatic carbocycles. The lowest BCUT2D eigenvalue weighted by Gasteiger charge is -2.15. The minimum Gasteiger partial charge on any atom is -0.321 e. The van der Waals surface area contributed by atoms with Gasteiger partial charge < -0.3 is 4.57 Å². The molecule has 0 spiro atoms. The van der Waals surface area contributed by atoms with Gasteiger partial charge in [0.15, 0.2) is 34.9 Å². The molecule has 7 heteroatoms. The van der Waals surface area contributed by atoms with Crippen LogP contribution in [0.15, 0.2) is 42.7 Å². The Morgan fingerprint density at radius 1 is 0.609 bits per heavy atom. The van der Waals surface area contributed by atoms with E-state index in [9.17, 15) is 26.3 Å². The Morgan fingerprint density at radius 3 is 1.87 bits per heavy atom. The van der Waals surface area contributed by atoms with Gasteiger partial charge in [0.05, 0.1) is 11.3 Å². The van der Waals surface area contributed by atoms with E-state index in [-0.39, 0.29) is 0 Å². The van der Waals surface area contributed by atoms with Crippen LogP contribution in [0, 0.1) is 34.9 Å². The van der Waals surface area contributed by atoms with Crippen molar-refractivity contribution in [2.24, 2.45) is 0 Å². The number of rotatable bonds is 2. The van der Waals surface area contributed by atoms with Gasteiger partial charge in [0.2, 0.25) is 0 Å². The van der Waals surface area contributed by atoms with Crippen LogP contribution in [0.25, 0.3) is 16.8 Å². The number of aromatic nitrogens is 1. The quantitative estimate of drug-likeness (QED) is 0.355. The SMILES string of the molecule is Fc1cccc(-c2c(F)c(F)c(F)c(F)c2-n2cccc2)c1F. The zero-order valence-corrected chi connectivity index (χ0v) is 11.3. The first-order valence-corrected chi connectivity index (χ1v) is 6.37. The maximum atomic E-state index is 14.2. The first-order chi connectivity index (χ1) is 10.9. The number of halogens is 6. The monoisotopic (exact) mass is 327 g/mol. The zero-order chi connectivity index (χ0) is 16.7. The zero-order valence-electron chi connectivity index (χ0n) is 11.3. The molecule has 1 heterocycles. The van der Waals surface area contributed by atoms with Crippen LogP contribution in [0.3, 0.4) is 0 Å². The molecule has 0 bridgehead atoms. The first kappa shape index (κ1) is 15.2. The molecule has 1 nitrogen and oxygen atoms in total. The minimum absolute atomic E-state index is 0.719. The largest absolute Gasteiger partial charge is 0.321 e. The van der Waals surface area contributed by atoms with Crippen LogP contribution in [0.2, 0.25) is 0 Å². The Bertz CT molecular complexity index is 886. The van der Waals surface area contributed by atoms with Crippen molar-refractivity contribution >= 4 is 0 Å². The van der Waals surface area contributed by atoms with Gasteiger partial charge in [-0.3, -0.25) is 0 Å². The van der Waals surface area contributed by atoms with E-state index in [0.29, 0.717) is 0 Å². The lowest BCUT2D eigenvalue weighted by molar-refractivity contribution is 0.408. The predicted molar refractivity (Wildman–Crippen MR) is 71.0 cm³/mol. The van der Waals surface area contributed by atoms with Crippen LogP contribution in [-0.2, 0) is 0 Å². The lowest BCUT2D eigenvalue weighted by atomic mass is 10.0. The topological polar surface area (TPSA) is 4.93 Å². The van der Waals surface area contributed by atoms with Crippen molar-refractivity contribution in [3.63, 3.8) is 0 Å². The molecule has 0 unspecified atom stereocenters. The van der Waals surface area contributed by atoms with Crippen molar-refractivity contribution in [3.8, 4) is 16.8 Å². The summed E-state index contributed by atoms with van der Waals surface area (Å²) in [6.45, 7) is 0. The number of nitrogens with zero attached hydrogens (tertiary/aromatic N) is 1. The van der Waals surface area contributed by atoms with Gasteiger partial charge in [0, 0.05) is 18.0 Å². The third-order valence-electron chi connectivity index (χ3n) is 3.33. The van der Waals surface area contributed by atoms with E-state index in [4.69, 9.17) is 0 Å². The highest BCUT2D eigenvalue weighted by Crippen LogP contribution is 2.36. The highest BCUT2D eigenvalue weighted by Gasteiger charge is 2.29. The van der Waals surface area contributed by atoms with Gasteiger partial charge >= 0.3 is 0 Å². The fourth-order valence-electron chi connectivity index (χ4n) is 2.29. The summed E-state index contributed by atoms with van der Waals surface area (Å²) in [4.78, 5) is 0. The van der Waals surface area contributed by atoms with E-state index in [1.165, 1.54) is 24.5 Å². The van der Waals surface area contributed by atoms with Crippen molar-refractivity contribution in [2.75, 3.05) is 0 Å². The van der Waals surface area contributed by atoms with Crippen molar-refractivity contribution in [2.45, 2.75) is 0 Å². The molecule has 23 heavy (non-hydrogen) atoms. The molecule has 0 saturated carbocycles. The minimum atomic E-state index is -2.10. The molecule has 0 N–H and O–H groups in total. The molecule has 0 aliphatic heterocycles. The van der Waals surface area contributed by atoms with Gasteiger partial charge in [-0.15, -0.1) is 0 Å². The van der Waals surface area contributed by atoms with E-state index in [1.54, 1.807) is 0 Å². The van der Waals surface area contributed by atoms with Crippen LogP contribution < -0.4 is 0 Å². The van der Waals surface area contributed by atoms with Crippen molar-refractivity contribution < 1.29 is 26.3 Å². The van der Waals surface area contributed by atoms with Gasteiger partial charge in [-0.05, 0) is 18.2 Å². The second-order valence-corrected chi connectivity index (χ2v) is 4.67. The summed E-state index contributed by atoms with van der Waals surface area (Å²) < 4.78 is 83.8. The van der Waals surface area contributed by atoms with Gasteiger partial charge in [-0.25, -0.2) is 26.3 Å². The molecular formula is C16H7F6N. The summed E-state index contributed by atoms with van der Waals surface area (Å²) >= 11 is 0. The maximum absolute atomic E-state index is 14.2. The fraction of sp³-hybridized carbons (Fsp3) is 0. The molecule has 0 amide bonds. The van der Waals surface area contributed by atoms with Crippen molar-refractivity contribution in [3.05, 3.63) is 77.6 Å². The van der Waals surface area contributed by atoms with Crippen LogP contribution in [0.5, 0.6) is 0 Å². The molecule has 0 saturated heterocycles. The van der Waals surface area contributed by atoms with E-state index in [1.807, 2.05) is 0 Å². The van der Waals surface area contributed by atoms with Gasteiger partial charge in [-0.2, -0.15) is 0 Å². The number of hydrogen-bond donors (Lipinski definition) is 0. The summed E-state index contributed by atoms with van der Waals surface area (Å²) in [5.41, 5.74) is -2.38. The molecule has 3 aromatic rings. The summed E-state index contributed by atoms with van der Waals surface area (Å²) in [6.07, 6.45) is 2.46. The molecule has 0 aliphatic carbocycles. The maximum Gasteiger partial charge on any atom is 0.199 e. The summed E-state index contributed by atoms with van der Waals surface area (Å²) in [6, 6.07) is 5.60. The average Bonchev–Trinajstić information content (AvgIpc) is 3.06. The molecule has 0 atom stereocenters. The average molecular weight is 327 g/mol. The summed E-state index contributed by atoms with van der Waals surface area (Å²) in [5.74, 6) is -10.5. The molecule has 3 rings (SSSR count). The molecule has 0 fully saturated rings. The number of benzene rings is 2. The highest BCUT2D eigenvalue weighted by molar-refractivity contribution is 5.75. The summed E-state index contributed by atoms with van der Waals surface area (Å²) in [7, 11) is 0. The van der Waals surface area contributed by atoms with E-state index in [2.05, 4.69) is 0 Å². The van der Waals surface area contributed by atoms with Gasteiger partial charge in [0.1, 0.15) is 0 Å². The Morgan fingerprint density at radius 2 is 1.22 bits per heavy atom. The van der Waals surface area contributed by atoms with Gasteiger partial charge in [0.25, 0.3) is 0 Å². The van der Waals surface area contributed by atoms with Crippen LogP contribution >= 0.6 is 0 Å². The molecule has 0 radical (unpaired) electrons. The van der Waals surface area contributed by atoms with Crippen LogP contribution in [0.1, 0.15) is 0 Å².